The van der Waals surface area contributed by atoms with Gasteiger partial charge in [-0.3, -0.25) is 14.5 Å². The SMILES string of the molecule is COc1ccc(-c2nc(NC(=O)c3c(C)nc4ccc(Br)cn34)sc2C)cc1. The number of aromatic nitrogens is 3. The molecule has 0 radical (unpaired) electrons. The number of nitrogens with one attached hydrogen (secondary N) is 1. The van der Waals surface area contributed by atoms with Gasteiger partial charge in [0.25, 0.3) is 5.91 Å². The Morgan fingerprint density at radius 3 is 2.61 bits per heavy atom. The van der Waals surface area contributed by atoms with Crippen molar-refractivity contribution in [3.05, 3.63) is 63.3 Å². The molecular weight excluding hydrogens is 440 g/mol. The Hall–Kier alpha value is -2.71. The maximum atomic E-state index is 12.9. The molecule has 3 heterocycles. The fourth-order valence-electron chi connectivity index (χ4n) is 3.03. The second kappa shape index (κ2) is 7.37. The van der Waals surface area contributed by atoms with Crippen molar-refractivity contribution in [3.8, 4) is 17.0 Å². The van der Waals surface area contributed by atoms with E-state index in [0.29, 0.717) is 16.5 Å². The molecule has 0 saturated carbocycles. The topological polar surface area (TPSA) is 68.5 Å². The minimum absolute atomic E-state index is 0.238. The highest BCUT2D eigenvalue weighted by Crippen LogP contribution is 2.31. The summed E-state index contributed by atoms with van der Waals surface area (Å²) < 4.78 is 7.85. The average Bonchev–Trinajstić information content (AvgIpc) is 3.20. The summed E-state index contributed by atoms with van der Waals surface area (Å²) in [5.41, 5.74) is 3.71. The Labute approximate surface area is 174 Å². The number of anilines is 1. The normalized spacial score (nSPS) is 11.0. The summed E-state index contributed by atoms with van der Waals surface area (Å²) in [5.74, 6) is 0.553. The monoisotopic (exact) mass is 456 g/mol. The number of nitrogens with zero attached hydrogens (tertiary/aromatic N) is 3. The van der Waals surface area contributed by atoms with Crippen molar-refractivity contribution in [3.63, 3.8) is 0 Å². The summed E-state index contributed by atoms with van der Waals surface area (Å²) in [4.78, 5) is 23.0. The number of benzene rings is 1. The number of amides is 1. The molecule has 1 N–H and O–H groups in total. The third kappa shape index (κ3) is 3.41. The van der Waals surface area contributed by atoms with Crippen molar-refractivity contribution >= 4 is 44.0 Å². The van der Waals surface area contributed by atoms with Gasteiger partial charge in [0.15, 0.2) is 5.13 Å². The molecule has 1 aromatic carbocycles. The van der Waals surface area contributed by atoms with Crippen molar-refractivity contribution in [2.24, 2.45) is 0 Å². The fourth-order valence-corrected chi connectivity index (χ4v) is 4.20. The van der Waals surface area contributed by atoms with Crippen LogP contribution in [0.25, 0.3) is 16.9 Å². The first kappa shape index (κ1) is 18.6. The lowest BCUT2D eigenvalue weighted by Gasteiger charge is -2.04. The van der Waals surface area contributed by atoms with Gasteiger partial charge in [0.05, 0.1) is 18.5 Å². The number of pyridine rings is 1. The van der Waals surface area contributed by atoms with Gasteiger partial charge in [0.2, 0.25) is 0 Å². The van der Waals surface area contributed by atoms with Crippen LogP contribution in [0.15, 0.2) is 47.1 Å². The highest BCUT2D eigenvalue weighted by Gasteiger charge is 2.19. The van der Waals surface area contributed by atoms with Gasteiger partial charge in [0.1, 0.15) is 17.1 Å². The molecule has 142 valence electrons. The number of aryl methyl sites for hydroxylation is 2. The molecule has 8 heteroatoms. The zero-order valence-corrected chi connectivity index (χ0v) is 17.9. The standard InChI is InChI=1S/C20H17BrN4O2S/c1-11-18(25-10-14(21)6-9-16(25)22-11)19(26)24-20-23-17(12(2)28-20)13-4-7-15(27-3)8-5-13/h4-10H,1-3H3,(H,23,24,26). The second-order valence-electron chi connectivity index (χ2n) is 6.23. The summed E-state index contributed by atoms with van der Waals surface area (Å²) in [6.07, 6.45) is 1.83. The number of hydrogen-bond acceptors (Lipinski definition) is 5. The molecule has 0 unspecified atom stereocenters. The van der Waals surface area contributed by atoms with Crippen LogP contribution in [0.4, 0.5) is 5.13 Å². The third-order valence-electron chi connectivity index (χ3n) is 4.35. The molecule has 6 nitrogen and oxygen atoms in total. The molecule has 3 aromatic heterocycles. The first-order chi connectivity index (χ1) is 13.5. The fraction of sp³-hybridized carbons (Fsp3) is 0.150. The van der Waals surface area contributed by atoms with Crippen LogP contribution < -0.4 is 10.1 Å². The van der Waals surface area contributed by atoms with Gasteiger partial charge in [-0.1, -0.05) is 0 Å². The molecule has 0 atom stereocenters. The highest BCUT2D eigenvalue weighted by molar-refractivity contribution is 9.10. The second-order valence-corrected chi connectivity index (χ2v) is 8.35. The van der Waals surface area contributed by atoms with Crippen molar-refractivity contribution in [2.75, 3.05) is 12.4 Å². The molecule has 0 aliphatic heterocycles. The van der Waals surface area contributed by atoms with Crippen LogP contribution in [0, 0.1) is 13.8 Å². The lowest BCUT2D eigenvalue weighted by molar-refractivity contribution is 0.102. The minimum Gasteiger partial charge on any atom is -0.497 e. The van der Waals surface area contributed by atoms with Crippen LogP contribution in [0.5, 0.6) is 5.75 Å². The number of halogens is 1. The molecule has 0 saturated heterocycles. The molecule has 0 bridgehead atoms. The summed E-state index contributed by atoms with van der Waals surface area (Å²) in [7, 11) is 1.64. The van der Waals surface area contributed by atoms with Gasteiger partial charge in [-0.05, 0) is 66.2 Å². The van der Waals surface area contributed by atoms with Gasteiger partial charge in [0, 0.05) is 21.1 Å². The number of methoxy groups -OCH3 is 1. The quantitative estimate of drug-likeness (QED) is 0.463. The van der Waals surface area contributed by atoms with Crippen LogP contribution in [0.2, 0.25) is 0 Å². The van der Waals surface area contributed by atoms with E-state index >= 15 is 0 Å². The van der Waals surface area contributed by atoms with Crippen LogP contribution in [-0.4, -0.2) is 27.4 Å². The zero-order chi connectivity index (χ0) is 19.8. The smallest absolute Gasteiger partial charge is 0.276 e. The van der Waals surface area contributed by atoms with Crippen LogP contribution in [0.3, 0.4) is 0 Å². The number of imidazole rings is 1. The average molecular weight is 457 g/mol. The lowest BCUT2D eigenvalue weighted by atomic mass is 10.1. The summed E-state index contributed by atoms with van der Waals surface area (Å²) >= 11 is 4.89. The van der Waals surface area contributed by atoms with E-state index in [1.54, 1.807) is 11.5 Å². The number of carbonyl (C=O) groups is 1. The first-order valence-electron chi connectivity index (χ1n) is 8.53. The van der Waals surface area contributed by atoms with E-state index in [9.17, 15) is 4.79 Å². The van der Waals surface area contributed by atoms with Gasteiger partial charge in [-0.2, -0.15) is 0 Å². The molecule has 0 aliphatic rings. The van der Waals surface area contributed by atoms with Gasteiger partial charge >= 0.3 is 0 Å². The number of rotatable bonds is 4. The largest absolute Gasteiger partial charge is 0.497 e. The maximum Gasteiger partial charge on any atom is 0.276 e. The Bertz CT molecular complexity index is 1180. The van der Waals surface area contributed by atoms with Crippen molar-refractivity contribution in [1.82, 2.24) is 14.4 Å². The van der Waals surface area contributed by atoms with Gasteiger partial charge < -0.3 is 4.74 Å². The van der Waals surface area contributed by atoms with Gasteiger partial charge in [-0.25, -0.2) is 9.97 Å². The highest BCUT2D eigenvalue weighted by atomic mass is 79.9. The van der Waals surface area contributed by atoms with E-state index < -0.39 is 0 Å². The molecular formula is C20H17BrN4O2S. The van der Waals surface area contributed by atoms with Crippen LogP contribution in [0.1, 0.15) is 21.1 Å². The Morgan fingerprint density at radius 2 is 1.89 bits per heavy atom. The third-order valence-corrected chi connectivity index (χ3v) is 5.71. The van der Waals surface area contributed by atoms with Crippen molar-refractivity contribution in [1.29, 1.82) is 0 Å². The molecule has 4 aromatic rings. The maximum absolute atomic E-state index is 12.9. The number of fused-ring (bicyclic) bond motifs is 1. The predicted octanol–water partition coefficient (Wildman–Crippen LogP) is 5.10. The molecule has 1 amide bonds. The molecule has 28 heavy (non-hydrogen) atoms. The van der Waals surface area contributed by atoms with E-state index in [1.807, 2.05) is 56.4 Å². The Kier molecular flexibility index (Phi) is 4.91. The molecule has 4 rings (SSSR count). The number of carbonyl (C=O) groups excluding carboxylic acids is 1. The van der Waals surface area contributed by atoms with Crippen LogP contribution in [-0.2, 0) is 0 Å². The van der Waals surface area contributed by atoms with Crippen molar-refractivity contribution in [2.45, 2.75) is 13.8 Å². The summed E-state index contributed by atoms with van der Waals surface area (Å²) in [5, 5.41) is 3.47. The van der Waals surface area contributed by atoms with E-state index in [1.165, 1.54) is 11.3 Å². The number of thiazole rings is 1. The Balaban J connectivity index is 1.64. The van der Waals surface area contributed by atoms with Gasteiger partial charge in [-0.15, -0.1) is 11.3 Å². The van der Waals surface area contributed by atoms with E-state index in [4.69, 9.17) is 4.74 Å². The summed E-state index contributed by atoms with van der Waals surface area (Å²) in [6, 6.07) is 11.5. The van der Waals surface area contributed by atoms with Crippen molar-refractivity contribution < 1.29 is 9.53 Å². The first-order valence-corrected chi connectivity index (χ1v) is 10.1. The zero-order valence-electron chi connectivity index (χ0n) is 15.5. The lowest BCUT2D eigenvalue weighted by Crippen LogP contribution is -2.15. The Morgan fingerprint density at radius 1 is 1.14 bits per heavy atom. The number of ether oxygens (including phenoxy) is 1. The van der Waals surface area contributed by atoms with E-state index in [2.05, 4.69) is 31.2 Å². The minimum atomic E-state index is -0.238. The molecule has 0 spiro atoms. The predicted molar refractivity (Wildman–Crippen MR) is 114 cm³/mol. The summed E-state index contributed by atoms with van der Waals surface area (Å²) in [6.45, 7) is 3.81. The molecule has 0 aliphatic carbocycles. The van der Waals surface area contributed by atoms with Crippen LogP contribution >= 0.6 is 27.3 Å². The number of hydrogen-bond donors (Lipinski definition) is 1. The van der Waals surface area contributed by atoms with E-state index in [-0.39, 0.29) is 5.91 Å². The molecule has 0 fully saturated rings. The van der Waals surface area contributed by atoms with E-state index in [0.717, 1.165) is 32.0 Å².